The third-order valence-corrected chi connectivity index (χ3v) is 14.1. The number of H-pyrrole nitrogens is 2. The third kappa shape index (κ3) is 18.6. The number of carboxylic acid groups (broad SMARTS) is 1. The quantitative estimate of drug-likeness (QED) is 0.0318. The summed E-state index contributed by atoms with van der Waals surface area (Å²) in [5.41, 5.74) is 15.6. The van der Waals surface area contributed by atoms with Crippen molar-refractivity contribution in [2.45, 2.75) is 89.4 Å². The van der Waals surface area contributed by atoms with Gasteiger partial charge in [-0.3, -0.25) is 14.4 Å². The molecule has 2 aliphatic rings. The minimum Gasteiger partial charge on any atom is -0.478 e. The molecule has 84 heavy (non-hydrogen) atoms. The average molecular weight is 1200 g/mol. The van der Waals surface area contributed by atoms with Crippen molar-refractivity contribution in [2.24, 2.45) is 0 Å². The first kappa shape index (κ1) is 62.7. The predicted octanol–water partition coefficient (Wildman–Crippen LogP) is 9.46. The zero-order valence-corrected chi connectivity index (χ0v) is 49.8. The number of aromatic nitrogens is 8. The summed E-state index contributed by atoms with van der Waals surface area (Å²) in [5.74, 6) is -0.347. The van der Waals surface area contributed by atoms with Gasteiger partial charge in [0.2, 0.25) is 17.8 Å². The lowest BCUT2D eigenvalue weighted by atomic mass is 9.91. The maximum Gasteiger partial charge on any atom is 0.328 e. The lowest BCUT2D eigenvalue weighted by Gasteiger charge is -2.30. The Hall–Kier alpha value is -8.86. The summed E-state index contributed by atoms with van der Waals surface area (Å²) < 4.78 is 0. The zero-order valence-electron chi connectivity index (χ0n) is 48.2. The van der Waals surface area contributed by atoms with Crippen molar-refractivity contribution in [3.63, 3.8) is 0 Å². The number of anilines is 4. The van der Waals surface area contributed by atoms with E-state index in [4.69, 9.17) is 20.8 Å². The molecule has 2 aliphatic carbocycles. The first-order valence-corrected chi connectivity index (χ1v) is 29.0. The molecule has 0 saturated heterocycles. The topological polar surface area (TPSA) is 299 Å². The Morgan fingerprint density at radius 3 is 1.58 bits per heavy atom. The number of aryl methyl sites for hydroxylation is 2. The number of nitrogens with two attached hydrogens (primary N) is 1. The summed E-state index contributed by atoms with van der Waals surface area (Å²) in [5, 5.41) is 29.5. The van der Waals surface area contributed by atoms with Gasteiger partial charge in [0.25, 0.3) is 11.8 Å². The molecule has 21 nitrogen and oxygen atoms in total. The van der Waals surface area contributed by atoms with Crippen LogP contribution in [0.25, 0.3) is 44.3 Å². The van der Waals surface area contributed by atoms with E-state index in [9.17, 15) is 19.2 Å². The van der Waals surface area contributed by atoms with Gasteiger partial charge in [0, 0.05) is 106 Å². The van der Waals surface area contributed by atoms with Crippen LogP contribution in [-0.2, 0) is 9.59 Å². The van der Waals surface area contributed by atoms with Gasteiger partial charge in [0.05, 0.1) is 35.2 Å². The lowest BCUT2D eigenvalue weighted by Crippen LogP contribution is -2.42. The van der Waals surface area contributed by atoms with Gasteiger partial charge in [-0.25, -0.2) is 34.7 Å². The summed E-state index contributed by atoms with van der Waals surface area (Å²) in [6.07, 6.45) is 24.0. The smallest absolute Gasteiger partial charge is 0.328 e. The van der Waals surface area contributed by atoms with E-state index in [-0.39, 0.29) is 41.9 Å². The second-order valence-corrected chi connectivity index (χ2v) is 21.4. The van der Waals surface area contributed by atoms with Gasteiger partial charge < -0.3 is 57.6 Å². The first-order valence-electron chi connectivity index (χ1n) is 27.9. The SMILES string of the molecule is CNC.Cc1cnc(N[C@@H]2CCC[C@H](NC(=O)c3ccc(N)cn3)C2)nc1-c1c[nH]c2ccccc12.Cc1cnc(N[C@@H]2CCC[C@H](NC(=O)c3ccc(NC(=O)/C=C/CN(C)C)cn3)C2)nc1-c1c[nH]c2ccccc12.O=C(O)/C=C/CBr. The molecule has 0 spiro atoms. The average Bonchev–Trinajstić information content (AvgIpc) is 2.45. The van der Waals surface area contributed by atoms with Crippen LogP contribution in [0.1, 0.15) is 83.5 Å². The number of pyridine rings is 2. The largest absolute Gasteiger partial charge is 0.478 e. The molecular formula is C62H75BrN16O5. The number of rotatable bonds is 16. The predicted molar refractivity (Wildman–Crippen MR) is 337 cm³/mol. The number of para-hydroxylation sites is 2. The second-order valence-electron chi connectivity index (χ2n) is 20.8. The number of hydrogen-bond donors (Lipinski definition) is 10. The summed E-state index contributed by atoms with van der Waals surface area (Å²) in [6, 6.07) is 23.4. The number of carbonyl (C=O) groups is 4. The number of aliphatic carboxylic acids is 1. The van der Waals surface area contributed by atoms with Crippen LogP contribution < -0.4 is 37.6 Å². The standard InChI is InChI=1S/C31H36N8O2.C25H27N7O.C4H5BrO2.C2H7N/c1-20-17-34-31(38-29(20)25-19-33-26-11-5-4-10-24(25)26)37-22-9-6-8-21(16-22)36-30(41)27-14-13-23(18-32-27)35-28(40)12-7-15-39(2)3;1-15-12-29-25(32-23(15)20-14-28-21-8-3-2-7-19(20)21)31-18-6-4-5-17(11-18)30-24(33)22-10-9-16(26)13-27-22;5-3-1-2-4(6)7;1-3-2/h4-5,7,10-14,17-19,21-22,33H,6,8-9,15-16H2,1-3H3,(H,35,40)(H,36,41)(H,34,37,38);2-3,7-10,12-14,17-18,28H,4-6,11,26H2,1H3,(H,30,33)(H,29,31,32);1-2H,3H2,(H,6,7);3H,1-2H3/b12-7+;;2-1+;/t21-,22+;17-,18+;;/m00../s1. The number of alkyl halides is 1. The molecule has 0 bridgehead atoms. The Kier molecular flexibility index (Phi) is 23.6. The normalized spacial score (nSPS) is 16.6. The zero-order chi connectivity index (χ0) is 60.0. The van der Waals surface area contributed by atoms with Crippen molar-refractivity contribution in [2.75, 3.05) is 61.7 Å². The fraction of sp³-hybridized carbons (Fsp3) is 0.323. The van der Waals surface area contributed by atoms with Gasteiger partial charge in [0.15, 0.2) is 0 Å². The highest BCUT2D eigenvalue weighted by Gasteiger charge is 2.27. The molecule has 0 aliphatic heterocycles. The van der Waals surface area contributed by atoms with Crippen LogP contribution in [0, 0.1) is 13.8 Å². The monoisotopic (exact) mass is 1200 g/mol. The fourth-order valence-electron chi connectivity index (χ4n) is 9.73. The number of carbonyl (C=O) groups excluding carboxylic acids is 3. The number of nitrogen functional groups attached to an aromatic ring is 1. The van der Waals surface area contributed by atoms with Gasteiger partial charge in [-0.15, -0.1) is 0 Å². The number of likely N-dealkylation sites (N-methyl/N-ethyl adjacent to an activating group) is 1. The van der Waals surface area contributed by atoms with Crippen molar-refractivity contribution < 1.29 is 24.3 Å². The van der Waals surface area contributed by atoms with Gasteiger partial charge in [-0.1, -0.05) is 64.5 Å². The van der Waals surface area contributed by atoms with Crippen LogP contribution in [0.4, 0.5) is 23.3 Å². The summed E-state index contributed by atoms with van der Waals surface area (Å²) in [7, 11) is 7.61. The molecule has 10 rings (SSSR count). The van der Waals surface area contributed by atoms with Gasteiger partial charge in [-0.05, 0) is 141 Å². The molecule has 22 heteroatoms. The number of aromatic amines is 2. The third-order valence-electron chi connectivity index (χ3n) is 13.7. The van der Waals surface area contributed by atoms with Crippen molar-refractivity contribution in [3.05, 3.63) is 157 Å². The molecule has 6 heterocycles. The Morgan fingerprint density at radius 1 is 0.655 bits per heavy atom. The van der Waals surface area contributed by atoms with Gasteiger partial charge in [-0.2, -0.15) is 0 Å². The van der Waals surface area contributed by atoms with E-state index in [0.717, 1.165) is 113 Å². The van der Waals surface area contributed by atoms with Crippen LogP contribution in [-0.4, -0.2) is 138 Å². The number of carboxylic acids is 1. The summed E-state index contributed by atoms with van der Waals surface area (Å²) in [4.78, 5) is 82.9. The number of fused-ring (bicyclic) bond motifs is 2. The van der Waals surface area contributed by atoms with Gasteiger partial charge >= 0.3 is 5.97 Å². The molecule has 4 atom stereocenters. The van der Waals surface area contributed by atoms with E-state index < -0.39 is 5.97 Å². The minimum absolute atomic E-state index is 0.00954. The fourth-order valence-corrected chi connectivity index (χ4v) is 9.92. The van der Waals surface area contributed by atoms with Crippen molar-refractivity contribution in [1.82, 2.24) is 60.7 Å². The molecule has 0 unspecified atom stereocenters. The highest BCUT2D eigenvalue weighted by atomic mass is 79.9. The molecule has 0 radical (unpaired) electrons. The van der Waals surface area contributed by atoms with Crippen LogP contribution in [0.3, 0.4) is 0 Å². The highest BCUT2D eigenvalue weighted by molar-refractivity contribution is 9.09. The molecule has 8 aromatic rings. The van der Waals surface area contributed by atoms with Crippen molar-refractivity contribution in [1.29, 1.82) is 0 Å². The number of benzene rings is 2. The highest BCUT2D eigenvalue weighted by Crippen LogP contribution is 2.32. The second kappa shape index (κ2) is 31.5. The lowest BCUT2D eigenvalue weighted by molar-refractivity contribution is -0.131. The Bertz CT molecular complexity index is 3510. The summed E-state index contributed by atoms with van der Waals surface area (Å²) >= 11 is 3.03. The molecular weight excluding hydrogens is 1130 g/mol. The van der Waals surface area contributed by atoms with Gasteiger partial charge in [0.1, 0.15) is 11.4 Å². The van der Waals surface area contributed by atoms with E-state index >= 15 is 0 Å². The molecule has 3 amide bonds. The summed E-state index contributed by atoms with van der Waals surface area (Å²) in [6.45, 7) is 4.72. The van der Waals surface area contributed by atoms with E-state index in [2.05, 4.69) is 102 Å². The van der Waals surface area contributed by atoms with E-state index in [1.165, 1.54) is 24.5 Å². The van der Waals surface area contributed by atoms with Crippen LogP contribution in [0.15, 0.2) is 134 Å². The molecule has 440 valence electrons. The molecule has 6 aromatic heterocycles. The Balaban J connectivity index is 0.000000211. The number of nitrogens with one attached hydrogen (secondary N) is 8. The van der Waals surface area contributed by atoms with E-state index in [0.29, 0.717) is 46.5 Å². The molecule has 2 fully saturated rings. The molecule has 11 N–H and O–H groups in total. The van der Waals surface area contributed by atoms with E-state index in [1.54, 1.807) is 30.3 Å². The van der Waals surface area contributed by atoms with Crippen molar-refractivity contribution >= 4 is 84.7 Å². The van der Waals surface area contributed by atoms with Crippen LogP contribution in [0.2, 0.25) is 0 Å². The molecule has 2 aromatic carbocycles. The Morgan fingerprint density at radius 2 is 1.14 bits per heavy atom. The van der Waals surface area contributed by atoms with Crippen LogP contribution in [0.5, 0.6) is 0 Å². The van der Waals surface area contributed by atoms with E-state index in [1.807, 2.05) is 96.0 Å². The maximum atomic E-state index is 12.9. The number of hydrogen-bond acceptors (Lipinski definition) is 15. The number of halogens is 1. The number of amides is 3. The number of allylic oxidation sites excluding steroid dienone is 1. The first-order chi connectivity index (χ1) is 40.6. The minimum atomic E-state index is -0.903. The Labute approximate surface area is 497 Å². The van der Waals surface area contributed by atoms with Crippen LogP contribution >= 0.6 is 15.9 Å². The van der Waals surface area contributed by atoms with Crippen molar-refractivity contribution in [3.8, 4) is 22.5 Å². The maximum absolute atomic E-state index is 12.9. The molecule has 2 saturated carbocycles. The number of nitrogens with zero attached hydrogens (tertiary/aromatic N) is 7.